The van der Waals surface area contributed by atoms with E-state index in [0.29, 0.717) is 17.3 Å². The van der Waals surface area contributed by atoms with Crippen LogP contribution >= 0.6 is 0 Å². The Morgan fingerprint density at radius 1 is 1.16 bits per heavy atom. The van der Waals surface area contributed by atoms with Gasteiger partial charge in [-0.3, -0.25) is 4.98 Å². The molecule has 3 rings (SSSR count). The molecule has 0 unspecified atom stereocenters. The minimum absolute atomic E-state index is 0.207. The SMILES string of the molecule is Cc1c(O)cccc1-c1nc(-c2cccnc2)no1. The zero-order valence-corrected chi connectivity index (χ0v) is 10.2. The summed E-state index contributed by atoms with van der Waals surface area (Å²) >= 11 is 0. The quantitative estimate of drug-likeness (QED) is 0.760. The molecule has 0 spiro atoms. The van der Waals surface area contributed by atoms with Gasteiger partial charge in [-0.1, -0.05) is 11.2 Å². The Kier molecular flexibility index (Phi) is 2.72. The predicted octanol–water partition coefficient (Wildman–Crippen LogP) is 2.81. The summed E-state index contributed by atoms with van der Waals surface area (Å²) in [5.41, 5.74) is 2.22. The Bertz CT molecular complexity index is 708. The highest BCUT2D eigenvalue weighted by molar-refractivity contribution is 5.64. The van der Waals surface area contributed by atoms with Crippen LogP contribution in [0.25, 0.3) is 22.8 Å². The summed E-state index contributed by atoms with van der Waals surface area (Å²) in [5.74, 6) is 1.07. The van der Waals surface area contributed by atoms with Gasteiger partial charge in [0, 0.05) is 29.1 Å². The highest BCUT2D eigenvalue weighted by Gasteiger charge is 2.13. The number of phenolic OH excluding ortho intramolecular Hbond substituents is 1. The number of benzene rings is 1. The van der Waals surface area contributed by atoms with Crippen LogP contribution < -0.4 is 0 Å². The second-order valence-electron chi connectivity index (χ2n) is 4.11. The number of pyridine rings is 1. The highest BCUT2D eigenvalue weighted by Crippen LogP contribution is 2.29. The van der Waals surface area contributed by atoms with E-state index in [1.807, 2.05) is 18.2 Å². The fraction of sp³-hybridized carbons (Fsp3) is 0.0714. The molecule has 2 heterocycles. The highest BCUT2D eigenvalue weighted by atomic mass is 16.5. The minimum Gasteiger partial charge on any atom is -0.508 e. The van der Waals surface area contributed by atoms with Gasteiger partial charge in [-0.05, 0) is 31.2 Å². The molecule has 94 valence electrons. The van der Waals surface area contributed by atoms with Gasteiger partial charge in [0.1, 0.15) is 5.75 Å². The molecule has 0 saturated carbocycles. The molecule has 0 atom stereocenters. The van der Waals surface area contributed by atoms with Gasteiger partial charge in [-0.15, -0.1) is 0 Å². The standard InChI is InChI=1S/C14H11N3O2/c1-9-11(5-2-6-12(9)18)14-16-13(17-19-14)10-4-3-7-15-8-10/h2-8,18H,1H3. The van der Waals surface area contributed by atoms with Crippen molar-refractivity contribution < 1.29 is 9.63 Å². The summed E-state index contributed by atoms with van der Waals surface area (Å²) in [7, 11) is 0. The Hall–Kier alpha value is -2.69. The lowest BCUT2D eigenvalue weighted by molar-refractivity contribution is 0.430. The molecule has 1 N–H and O–H groups in total. The lowest BCUT2D eigenvalue weighted by atomic mass is 10.1. The van der Waals surface area contributed by atoms with Crippen LogP contribution in [0.4, 0.5) is 0 Å². The molecular formula is C14H11N3O2. The third-order valence-electron chi connectivity index (χ3n) is 2.88. The molecule has 0 aliphatic heterocycles. The summed E-state index contributed by atoms with van der Waals surface area (Å²) in [6, 6.07) is 8.86. The van der Waals surface area contributed by atoms with E-state index in [1.54, 1.807) is 31.5 Å². The molecule has 3 aromatic rings. The van der Waals surface area contributed by atoms with Crippen LogP contribution in [0.3, 0.4) is 0 Å². The fourth-order valence-corrected chi connectivity index (χ4v) is 1.80. The van der Waals surface area contributed by atoms with E-state index < -0.39 is 0 Å². The summed E-state index contributed by atoms with van der Waals surface area (Å²) in [6.45, 7) is 1.80. The maximum absolute atomic E-state index is 9.69. The van der Waals surface area contributed by atoms with Gasteiger partial charge in [0.15, 0.2) is 0 Å². The second-order valence-corrected chi connectivity index (χ2v) is 4.11. The van der Waals surface area contributed by atoms with Gasteiger partial charge in [0.2, 0.25) is 5.82 Å². The number of rotatable bonds is 2. The summed E-state index contributed by atoms with van der Waals surface area (Å²) in [4.78, 5) is 8.34. The van der Waals surface area contributed by atoms with Crippen LogP contribution in [0.15, 0.2) is 47.2 Å². The molecule has 5 heteroatoms. The van der Waals surface area contributed by atoms with Gasteiger partial charge >= 0.3 is 0 Å². The monoisotopic (exact) mass is 253 g/mol. The van der Waals surface area contributed by atoms with Crippen molar-refractivity contribution in [2.45, 2.75) is 6.92 Å². The summed E-state index contributed by atoms with van der Waals surface area (Å²) in [6.07, 6.45) is 3.35. The van der Waals surface area contributed by atoms with E-state index in [1.165, 1.54) is 0 Å². The van der Waals surface area contributed by atoms with E-state index in [0.717, 1.165) is 11.1 Å². The first kappa shape index (κ1) is 11.4. The van der Waals surface area contributed by atoms with Gasteiger partial charge < -0.3 is 9.63 Å². The molecule has 0 bridgehead atoms. The van der Waals surface area contributed by atoms with Gasteiger partial charge in [-0.25, -0.2) is 0 Å². The van der Waals surface area contributed by atoms with Crippen molar-refractivity contribution in [2.75, 3.05) is 0 Å². The zero-order chi connectivity index (χ0) is 13.2. The first-order valence-corrected chi connectivity index (χ1v) is 5.79. The molecule has 5 nitrogen and oxygen atoms in total. The molecule has 0 amide bonds. The van der Waals surface area contributed by atoms with Crippen LogP contribution in [0.5, 0.6) is 5.75 Å². The van der Waals surface area contributed by atoms with Crippen molar-refractivity contribution in [1.29, 1.82) is 0 Å². The topological polar surface area (TPSA) is 72.0 Å². The van der Waals surface area contributed by atoms with Crippen LogP contribution in [-0.4, -0.2) is 20.2 Å². The van der Waals surface area contributed by atoms with Gasteiger partial charge in [-0.2, -0.15) is 4.98 Å². The predicted molar refractivity (Wildman–Crippen MR) is 69.4 cm³/mol. The maximum atomic E-state index is 9.69. The van der Waals surface area contributed by atoms with Crippen molar-refractivity contribution >= 4 is 0 Å². The zero-order valence-electron chi connectivity index (χ0n) is 10.2. The van der Waals surface area contributed by atoms with Crippen LogP contribution in [-0.2, 0) is 0 Å². The molecule has 2 aromatic heterocycles. The van der Waals surface area contributed by atoms with Crippen LogP contribution in [0.2, 0.25) is 0 Å². The van der Waals surface area contributed by atoms with Crippen LogP contribution in [0, 0.1) is 6.92 Å². The van der Waals surface area contributed by atoms with E-state index in [4.69, 9.17) is 4.52 Å². The van der Waals surface area contributed by atoms with Crippen molar-refractivity contribution in [2.24, 2.45) is 0 Å². The normalized spacial score (nSPS) is 10.6. The largest absolute Gasteiger partial charge is 0.508 e. The van der Waals surface area contributed by atoms with Crippen molar-refractivity contribution in [1.82, 2.24) is 15.1 Å². The molecule has 0 fully saturated rings. The Morgan fingerprint density at radius 3 is 2.84 bits per heavy atom. The smallest absolute Gasteiger partial charge is 0.258 e. The van der Waals surface area contributed by atoms with Crippen molar-refractivity contribution in [3.8, 4) is 28.6 Å². The Labute approximate surface area is 109 Å². The lowest BCUT2D eigenvalue weighted by Gasteiger charge is -2.01. The maximum Gasteiger partial charge on any atom is 0.258 e. The molecule has 1 aromatic carbocycles. The molecule has 19 heavy (non-hydrogen) atoms. The van der Waals surface area contributed by atoms with Gasteiger partial charge in [0.25, 0.3) is 5.89 Å². The average Bonchev–Trinajstić information content (AvgIpc) is 2.92. The summed E-state index contributed by atoms with van der Waals surface area (Å²) < 4.78 is 5.24. The van der Waals surface area contributed by atoms with Crippen LogP contribution in [0.1, 0.15) is 5.56 Å². The average molecular weight is 253 g/mol. The molecule has 0 saturated heterocycles. The van der Waals surface area contributed by atoms with Crippen molar-refractivity contribution in [3.05, 3.63) is 48.3 Å². The first-order chi connectivity index (χ1) is 9.25. The Balaban J connectivity index is 2.05. The number of nitrogens with zero attached hydrogens (tertiary/aromatic N) is 3. The fourth-order valence-electron chi connectivity index (χ4n) is 1.80. The molecule has 0 aliphatic rings. The minimum atomic E-state index is 0.207. The molecule has 0 aliphatic carbocycles. The number of hydrogen-bond acceptors (Lipinski definition) is 5. The number of hydrogen-bond donors (Lipinski definition) is 1. The lowest BCUT2D eigenvalue weighted by Crippen LogP contribution is -1.85. The van der Waals surface area contributed by atoms with E-state index >= 15 is 0 Å². The summed E-state index contributed by atoms with van der Waals surface area (Å²) in [5, 5.41) is 13.6. The number of aromatic hydroxyl groups is 1. The van der Waals surface area contributed by atoms with Crippen molar-refractivity contribution in [3.63, 3.8) is 0 Å². The van der Waals surface area contributed by atoms with Gasteiger partial charge in [0.05, 0.1) is 0 Å². The number of phenols is 1. The van der Waals surface area contributed by atoms with E-state index in [2.05, 4.69) is 15.1 Å². The number of aromatic nitrogens is 3. The van der Waals surface area contributed by atoms with E-state index in [-0.39, 0.29) is 5.75 Å². The Morgan fingerprint density at radius 2 is 2.05 bits per heavy atom. The third kappa shape index (κ3) is 2.06. The van der Waals surface area contributed by atoms with E-state index in [9.17, 15) is 5.11 Å². The second kappa shape index (κ2) is 4.53. The molecular weight excluding hydrogens is 242 g/mol. The molecule has 0 radical (unpaired) electrons. The first-order valence-electron chi connectivity index (χ1n) is 5.79. The third-order valence-corrected chi connectivity index (χ3v) is 2.88.